The van der Waals surface area contributed by atoms with E-state index < -0.39 is 0 Å². The van der Waals surface area contributed by atoms with Crippen LogP contribution in [0.15, 0.2) is 71.3 Å². The first-order valence-corrected chi connectivity index (χ1v) is 13.5. The lowest BCUT2D eigenvalue weighted by atomic mass is 9.97. The van der Waals surface area contributed by atoms with Gasteiger partial charge in [-0.15, -0.1) is 11.6 Å². The van der Waals surface area contributed by atoms with E-state index in [1.54, 1.807) is 23.1 Å². The van der Waals surface area contributed by atoms with Gasteiger partial charge >= 0.3 is 0 Å². The summed E-state index contributed by atoms with van der Waals surface area (Å²) in [4.78, 5) is 34.5. The summed E-state index contributed by atoms with van der Waals surface area (Å²) >= 11 is 6.35. The Morgan fingerprint density at radius 2 is 1.98 bits per heavy atom. The van der Waals surface area contributed by atoms with Crippen LogP contribution in [0.2, 0.25) is 0 Å². The number of hydrogen-bond acceptors (Lipinski definition) is 4. The molecule has 0 bridgehead atoms. The van der Waals surface area contributed by atoms with Crippen molar-refractivity contribution in [2.75, 3.05) is 22.6 Å². The number of fused-ring (bicyclic) bond motifs is 5. The van der Waals surface area contributed by atoms with Gasteiger partial charge in [0.1, 0.15) is 22.8 Å². The molecule has 4 heterocycles. The van der Waals surface area contributed by atoms with E-state index in [9.17, 15) is 14.7 Å². The minimum absolute atomic E-state index is 0.0591. The van der Waals surface area contributed by atoms with Crippen LogP contribution >= 0.6 is 11.6 Å². The van der Waals surface area contributed by atoms with Crippen LogP contribution in [0.5, 0.6) is 5.75 Å². The van der Waals surface area contributed by atoms with Gasteiger partial charge in [-0.1, -0.05) is 18.2 Å². The smallest absolute Gasteiger partial charge is 0.274 e. The third-order valence-electron chi connectivity index (χ3n) is 7.63. The maximum absolute atomic E-state index is 13.7. The first kappa shape index (κ1) is 24.4. The molecule has 3 aromatic carbocycles. The number of alkyl halides is 1. The van der Waals surface area contributed by atoms with Crippen LogP contribution in [0.1, 0.15) is 33.3 Å². The number of phenolic OH excluding ortho intramolecular Hbond substituents is 1. The van der Waals surface area contributed by atoms with Crippen LogP contribution in [0.25, 0.3) is 32.8 Å². The van der Waals surface area contributed by atoms with E-state index in [-0.39, 0.29) is 29.9 Å². The Hall–Kier alpha value is -4.69. The highest BCUT2D eigenvalue weighted by atomic mass is 35.5. The number of aromatic hydroxyl groups is 1. The molecule has 0 spiro atoms. The zero-order valence-electron chi connectivity index (χ0n) is 21.5. The van der Waals surface area contributed by atoms with E-state index in [4.69, 9.17) is 16.0 Å². The third-order valence-corrected chi connectivity index (χ3v) is 8.00. The van der Waals surface area contributed by atoms with Crippen LogP contribution in [0.3, 0.4) is 0 Å². The van der Waals surface area contributed by atoms with E-state index in [1.165, 1.54) is 0 Å². The van der Waals surface area contributed by atoms with Crippen molar-refractivity contribution >= 4 is 67.6 Å². The minimum atomic E-state index is -0.215. The van der Waals surface area contributed by atoms with Crippen LogP contribution in [0, 0.1) is 6.92 Å². The number of carbonyl (C=O) groups excluding carboxylic acids is 2. The molecule has 0 radical (unpaired) electrons. The number of nitrogens with zero attached hydrogens (tertiary/aromatic N) is 1. The van der Waals surface area contributed by atoms with Crippen LogP contribution < -0.4 is 10.2 Å². The van der Waals surface area contributed by atoms with Crippen molar-refractivity contribution in [2.45, 2.75) is 19.3 Å². The van der Waals surface area contributed by atoms with E-state index in [1.807, 2.05) is 55.6 Å². The fourth-order valence-electron chi connectivity index (χ4n) is 5.80. The molecule has 0 saturated carbocycles. The lowest BCUT2D eigenvalue weighted by Crippen LogP contribution is -2.30. The van der Waals surface area contributed by atoms with Crippen molar-refractivity contribution < 1.29 is 19.1 Å². The molecule has 0 fully saturated rings. The lowest BCUT2D eigenvalue weighted by Gasteiger charge is -2.17. The monoisotopic (exact) mass is 552 g/mol. The van der Waals surface area contributed by atoms with Gasteiger partial charge in [0.15, 0.2) is 0 Å². The average Bonchev–Trinajstić information content (AvgIpc) is 3.71. The van der Waals surface area contributed by atoms with Gasteiger partial charge in [-0.05, 0) is 54.4 Å². The topological polar surface area (TPSA) is 114 Å². The van der Waals surface area contributed by atoms with Crippen LogP contribution in [-0.2, 0) is 11.2 Å². The summed E-state index contributed by atoms with van der Waals surface area (Å²) in [6, 6.07) is 18.4. The lowest BCUT2D eigenvalue weighted by molar-refractivity contribution is -0.115. The van der Waals surface area contributed by atoms with E-state index in [0.717, 1.165) is 38.4 Å². The van der Waals surface area contributed by atoms with Gasteiger partial charge in [0, 0.05) is 58.0 Å². The van der Waals surface area contributed by atoms with Gasteiger partial charge in [0.2, 0.25) is 5.91 Å². The number of hydrogen-bond donors (Lipinski definition) is 4. The first-order valence-electron chi connectivity index (χ1n) is 13.0. The number of aryl methyl sites for hydroxylation is 1. The van der Waals surface area contributed by atoms with Crippen molar-refractivity contribution in [1.29, 1.82) is 0 Å². The molecule has 8 nitrogen and oxygen atoms in total. The summed E-state index contributed by atoms with van der Waals surface area (Å²) < 4.78 is 5.76. The molecular weight excluding hydrogens is 528 g/mol. The number of aromatic amines is 2. The Bertz CT molecular complexity index is 1930. The molecule has 6 aromatic rings. The first-order chi connectivity index (χ1) is 19.4. The molecule has 200 valence electrons. The molecule has 0 unspecified atom stereocenters. The molecule has 3 aromatic heterocycles. The SMILES string of the molecule is Cc1c[nH]c2c(O)cc3c(c12)[C@H](CCl)CN3C(=O)c1cc2cc(NC(=O)Cc3cc4ccccc4o3)ccc2[nH]1. The molecule has 1 aliphatic rings. The molecule has 1 aliphatic heterocycles. The molecule has 9 heteroatoms. The fourth-order valence-corrected chi connectivity index (χ4v) is 6.05. The van der Waals surface area contributed by atoms with E-state index in [0.29, 0.717) is 40.8 Å². The number of phenols is 1. The van der Waals surface area contributed by atoms with E-state index >= 15 is 0 Å². The Morgan fingerprint density at radius 3 is 2.80 bits per heavy atom. The summed E-state index contributed by atoms with van der Waals surface area (Å²) in [5.74, 6) is 0.564. The normalized spacial score (nSPS) is 14.8. The molecule has 7 rings (SSSR count). The number of carbonyl (C=O) groups is 2. The van der Waals surface area contributed by atoms with Crippen molar-refractivity contribution in [3.63, 3.8) is 0 Å². The Labute approximate surface area is 233 Å². The number of furan rings is 1. The Morgan fingerprint density at radius 1 is 1.12 bits per heavy atom. The van der Waals surface area contributed by atoms with Gasteiger partial charge < -0.3 is 29.7 Å². The summed E-state index contributed by atoms with van der Waals surface area (Å²) in [6.07, 6.45) is 1.96. The zero-order chi connectivity index (χ0) is 27.5. The van der Waals surface area contributed by atoms with Gasteiger partial charge in [-0.2, -0.15) is 0 Å². The number of benzene rings is 3. The molecule has 4 N–H and O–H groups in total. The number of aromatic nitrogens is 2. The van der Waals surface area contributed by atoms with Crippen LogP contribution in [-0.4, -0.2) is 39.3 Å². The molecule has 2 amide bonds. The van der Waals surface area contributed by atoms with Gasteiger partial charge in [-0.25, -0.2) is 0 Å². The average molecular weight is 553 g/mol. The van der Waals surface area contributed by atoms with Gasteiger partial charge in [0.25, 0.3) is 5.91 Å². The van der Waals surface area contributed by atoms with Gasteiger partial charge in [0.05, 0.1) is 17.6 Å². The molecule has 1 atom stereocenters. The highest BCUT2D eigenvalue weighted by Crippen LogP contribution is 2.46. The molecular formula is C31H25ClN4O4. The number of nitrogens with one attached hydrogen (secondary N) is 3. The highest BCUT2D eigenvalue weighted by molar-refractivity contribution is 6.19. The van der Waals surface area contributed by atoms with Crippen molar-refractivity contribution in [2.24, 2.45) is 0 Å². The summed E-state index contributed by atoms with van der Waals surface area (Å²) in [5.41, 5.74) is 5.83. The van der Waals surface area contributed by atoms with Crippen LogP contribution in [0.4, 0.5) is 11.4 Å². The quantitative estimate of drug-likeness (QED) is 0.181. The second kappa shape index (κ2) is 9.20. The number of rotatable bonds is 5. The summed E-state index contributed by atoms with van der Waals surface area (Å²) in [7, 11) is 0. The predicted octanol–water partition coefficient (Wildman–Crippen LogP) is 6.57. The standard InChI is InChI=1S/C31H25ClN4O4/c1-16-14-33-30-25(37)12-24-29(28(16)30)19(13-32)15-36(24)31(39)23-10-18-8-20(6-7-22(18)35-23)34-27(38)11-21-9-17-4-2-3-5-26(17)40-21/h2-10,12,14,19,33,35,37H,11,13,15H2,1H3,(H,34,38)/t19-/m1/s1. The number of halogens is 1. The number of anilines is 2. The largest absolute Gasteiger partial charge is 0.506 e. The summed E-state index contributed by atoms with van der Waals surface area (Å²) in [5, 5.41) is 16.3. The fraction of sp³-hybridized carbons (Fsp3) is 0.161. The second-order valence-corrected chi connectivity index (χ2v) is 10.6. The maximum Gasteiger partial charge on any atom is 0.274 e. The third kappa shape index (κ3) is 3.91. The van der Waals surface area contributed by atoms with Gasteiger partial charge in [-0.3, -0.25) is 9.59 Å². The second-order valence-electron chi connectivity index (χ2n) is 10.3. The molecule has 40 heavy (non-hydrogen) atoms. The number of H-pyrrole nitrogens is 2. The maximum atomic E-state index is 13.7. The Kier molecular flexibility index (Phi) is 5.61. The predicted molar refractivity (Wildman–Crippen MR) is 157 cm³/mol. The zero-order valence-corrected chi connectivity index (χ0v) is 22.3. The highest BCUT2D eigenvalue weighted by Gasteiger charge is 2.36. The van der Waals surface area contributed by atoms with Crippen molar-refractivity contribution in [1.82, 2.24) is 9.97 Å². The summed E-state index contributed by atoms with van der Waals surface area (Å²) in [6.45, 7) is 2.39. The number of amides is 2. The number of para-hydroxylation sites is 1. The van der Waals surface area contributed by atoms with Crippen molar-refractivity contribution in [3.05, 3.63) is 89.4 Å². The minimum Gasteiger partial charge on any atom is -0.506 e. The molecule has 0 aliphatic carbocycles. The molecule has 0 saturated heterocycles. The van der Waals surface area contributed by atoms with Crippen molar-refractivity contribution in [3.8, 4) is 5.75 Å². The Balaban J connectivity index is 1.14. The van der Waals surface area contributed by atoms with E-state index in [2.05, 4.69) is 15.3 Å².